The third-order valence-electron chi connectivity index (χ3n) is 2.47. The molecule has 0 atom stereocenters. The van der Waals surface area contributed by atoms with E-state index < -0.39 is 0 Å². The van der Waals surface area contributed by atoms with Crippen molar-refractivity contribution in [3.05, 3.63) is 21.6 Å². The van der Waals surface area contributed by atoms with Crippen LogP contribution in [0, 0.1) is 0 Å². The summed E-state index contributed by atoms with van der Waals surface area (Å²) >= 11 is 9.24. The number of hydrogen-bond acceptors (Lipinski definition) is 3. The van der Waals surface area contributed by atoms with Crippen LogP contribution in [0.1, 0.15) is 6.42 Å². The molecular weight excluding hydrogens is 309 g/mol. The maximum atomic E-state index is 11.7. The number of carbonyl (C=O) groups is 2. The van der Waals surface area contributed by atoms with E-state index in [0.29, 0.717) is 20.9 Å². The lowest BCUT2D eigenvalue weighted by atomic mass is 10.2. The first-order valence-electron chi connectivity index (χ1n) is 4.88. The molecule has 1 aliphatic rings. The predicted octanol–water partition coefficient (Wildman–Crippen LogP) is 2.42. The lowest BCUT2D eigenvalue weighted by Gasteiger charge is -2.19. The fourth-order valence-electron chi connectivity index (χ4n) is 1.75. The van der Waals surface area contributed by atoms with Gasteiger partial charge >= 0.3 is 0 Å². The second-order valence-electron chi connectivity index (χ2n) is 3.64. The zero-order valence-corrected chi connectivity index (χ0v) is 11.3. The smallest absolute Gasteiger partial charge is 0.235 e. The van der Waals surface area contributed by atoms with Crippen LogP contribution >= 0.6 is 27.5 Å². The number of Topliss-reactive ketones (excluding diaryl/α,β-unsaturated/α-hetero) is 1. The molecule has 0 N–H and O–H groups in total. The Morgan fingerprint density at radius 3 is 2.65 bits per heavy atom. The summed E-state index contributed by atoms with van der Waals surface area (Å²) in [5.74, 6) is 0.160. The quantitative estimate of drug-likeness (QED) is 0.787. The summed E-state index contributed by atoms with van der Waals surface area (Å²) in [6.45, 7) is 0.0714. The van der Waals surface area contributed by atoms with E-state index >= 15 is 0 Å². The van der Waals surface area contributed by atoms with Gasteiger partial charge in [-0.2, -0.15) is 0 Å². The molecule has 1 aromatic rings. The van der Waals surface area contributed by atoms with Crippen molar-refractivity contribution in [2.75, 3.05) is 18.6 Å². The molecule has 0 spiro atoms. The number of hydrogen-bond donors (Lipinski definition) is 0. The Kier molecular flexibility index (Phi) is 3.40. The summed E-state index contributed by atoms with van der Waals surface area (Å²) in [6.07, 6.45) is -0.0622. The number of nitrogens with zero attached hydrogens (tertiary/aromatic N) is 1. The van der Waals surface area contributed by atoms with Crippen molar-refractivity contribution in [1.29, 1.82) is 0 Å². The average molecular weight is 319 g/mol. The molecule has 0 radical (unpaired) electrons. The van der Waals surface area contributed by atoms with Gasteiger partial charge in [0, 0.05) is 5.02 Å². The third kappa shape index (κ3) is 2.30. The Bertz CT molecular complexity index is 504. The van der Waals surface area contributed by atoms with E-state index in [4.69, 9.17) is 16.3 Å². The maximum Gasteiger partial charge on any atom is 0.235 e. The highest BCUT2D eigenvalue weighted by Crippen LogP contribution is 2.39. The molecule has 0 aromatic heterocycles. The number of anilines is 1. The van der Waals surface area contributed by atoms with E-state index in [1.807, 2.05) is 0 Å². The molecule has 0 bridgehead atoms. The predicted molar refractivity (Wildman–Crippen MR) is 67.7 cm³/mol. The molecule has 17 heavy (non-hydrogen) atoms. The Morgan fingerprint density at radius 1 is 1.41 bits per heavy atom. The minimum absolute atomic E-state index is 0.0622. The molecule has 1 amide bonds. The lowest BCUT2D eigenvalue weighted by molar-refractivity contribution is -0.121. The molecule has 1 aromatic carbocycles. The number of benzene rings is 1. The zero-order valence-electron chi connectivity index (χ0n) is 9.00. The molecular formula is C11H9BrClNO3. The summed E-state index contributed by atoms with van der Waals surface area (Å²) in [4.78, 5) is 24.3. The van der Waals surface area contributed by atoms with Crippen LogP contribution in [0.2, 0.25) is 5.02 Å². The van der Waals surface area contributed by atoms with Gasteiger partial charge in [0.2, 0.25) is 5.91 Å². The molecule has 0 aliphatic carbocycles. The molecule has 0 unspecified atom stereocenters. The Hall–Kier alpha value is -1.07. The monoisotopic (exact) mass is 317 g/mol. The molecule has 4 nitrogen and oxygen atoms in total. The van der Waals surface area contributed by atoms with Gasteiger partial charge in [-0.25, -0.2) is 0 Å². The number of ketones is 1. The fraction of sp³-hybridized carbons (Fsp3) is 0.273. The highest BCUT2D eigenvalue weighted by molar-refractivity contribution is 9.10. The minimum atomic E-state index is -0.234. The first-order valence-corrected chi connectivity index (χ1v) is 6.05. The molecule has 6 heteroatoms. The minimum Gasteiger partial charge on any atom is -0.493 e. The highest BCUT2D eigenvalue weighted by atomic mass is 79.9. The van der Waals surface area contributed by atoms with Gasteiger partial charge in [0.05, 0.1) is 30.2 Å². The summed E-state index contributed by atoms with van der Waals surface area (Å²) < 4.78 is 5.86. The fourth-order valence-corrected chi connectivity index (χ4v) is 2.71. The van der Waals surface area contributed by atoms with E-state index in [9.17, 15) is 9.59 Å². The molecule has 1 fully saturated rings. The van der Waals surface area contributed by atoms with Crippen LogP contribution in [-0.4, -0.2) is 25.3 Å². The van der Waals surface area contributed by atoms with Crippen LogP contribution in [0.25, 0.3) is 0 Å². The standard InChI is InChI=1S/C11H9BrClNO3/c1-17-11-8(12)2-6(13)3-9(11)14-5-7(15)4-10(14)16/h2-3H,4-5H2,1H3. The Morgan fingerprint density at radius 2 is 2.12 bits per heavy atom. The first kappa shape index (κ1) is 12.4. The SMILES string of the molecule is COc1c(Br)cc(Cl)cc1N1CC(=O)CC1=O. The van der Waals surface area contributed by atoms with Crippen LogP contribution in [0.3, 0.4) is 0 Å². The molecule has 1 heterocycles. The van der Waals surface area contributed by atoms with E-state index in [-0.39, 0.29) is 24.7 Å². The first-order chi connectivity index (χ1) is 8.02. The summed E-state index contributed by atoms with van der Waals surface area (Å²) in [5, 5.41) is 0.472. The topological polar surface area (TPSA) is 46.6 Å². The number of amides is 1. The largest absolute Gasteiger partial charge is 0.493 e. The number of carbonyl (C=O) groups excluding carboxylic acids is 2. The lowest BCUT2D eigenvalue weighted by Crippen LogP contribution is -2.25. The summed E-state index contributed by atoms with van der Waals surface area (Å²) in [5.41, 5.74) is 0.516. The molecule has 1 aliphatic heterocycles. The van der Waals surface area contributed by atoms with Gasteiger partial charge in [-0.05, 0) is 28.1 Å². The Labute approximate surface area is 112 Å². The second-order valence-corrected chi connectivity index (χ2v) is 4.93. The zero-order chi connectivity index (χ0) is 12.6. The third-order valence-corrected chi connectivity index (χ3v) is 3.27. The van der Waals surface area contributed by atoms with Gasteiger partial charge in [0.1, 0.15) is 0 Å². The van der Waals surface area contributed by atoms with Crippen LogP contribution < -0.4 is 9.64 Å². The van der Waals surface area contributed by atoms with Crippen molar-refractivity contribution in [3.63, 3.8) is 0 Å². The molecule has 90 valence electrons. The van der Waals surface area contributed by atoms with Crippen molar-refractivity contribution in [2.24, 2.45) is 0 Å². The van der Waals surface area contributed by atoms with Gasteiger partial charge in [0.25, 0.3) is 0 Å². The van der Waals surface area contributed by atoms with Crippen LogP contribution in [-0.2, 0) is 9.59 Å². The molecule has 1 saturated heterocycles. The average Bonchev–Trinajstić information content (AvgIpc) is 2.56. The molecule has 0 saturated carbocycles. The van der Waals surface area contributed by atoms with E-state index in [1.165, 1.54) is 12.0 Å². The van der Waals surface area contributed by atoms with Crippen molar-refractivity contribution in [1.82, 2.24) is 0 Å². The van der Waals surface area contributed by atoms with Crippen molar-refractivity contribution >= 4 is 44.9 Å². The maximum absolute atomic E-state index is 11.7. The summed E-state index contributed by atoms with van der Waals surface area (Å²) in [7, 11) is 1.50. The number of ether oxygens (including phenoxy) is 1. The highest BCUT2D eigenvalue weighted by Gasteiger charge is 2.31. The van der Waals surface area contributed by atoms with E-state index in [1.54, 1.807) is 12.1 Å². The van der Waals surface area contributed by atoms with Crippen molar-refractivity contribution in [2.45, 2.75) is 6.42 Å². The van der Waals surface area contributed by atoms with Crippen LogP contribution in [0.15, 0.2) is 16.6 Å². The summed E-state index contributed by atoms with van der Waals surface area (Å²) in [6, 6.07) is 3.29. The van der Waals surface area contributed by atoms with Crippen LogP contribution in [0.5, 0.6) is 5.75 Å². The number of halogens is 2. The van der Waals surface area contributed by atoms with Crippen molar-refractivity contribution in [3.8, 4) is 5.75 Å². The van der Waals surface area contributed by atoms with E-state index in [0.717, 1.165) is 0 Å². The number of rotatable bonds is 2. The second kappa shape index (κ2) is 4.66. The van der Waals surface area contributed by atoms with Gasteiger partial charge in [0.15, 0.2) is 11.5 Å². The normalized spacial score (nSPS) is 15.6. The van der Waals surface area contributed by atoms with E-state index in [2.05, 4.69) is 15.9 Å². The van der Waals surface area contributed by atoms with Gasteiger partial charge in [-0.1, -0.05) is 11.6 Å². The number of methoxy groups -OCH3 is 1. The van der Waals surface area contributed by atoms with Gasteiger partial charge < -0.3 is 9.64 Å². The Balaban J connectivity index is 2.51. The van der Waals surface area contributed by atoms with Gasteiger partial charge in [-0.15, -0.1) is 0 Å². The van der Waals surface area contributed by atoms with Gasteiger partial charge in [-0.3, -0.25) is 9.59 Å². The van der Waals surface area contributed by atoms with Crippen molar-refractivity contribution < 1.29 is 14.3 Å². The van der Waals surface area contributed by atoms with Crippen LogP contribution in [0.4, 0.5) is 5.69 Å². The molecule has 2 rings (SSSR count).